The van der Waals surface area contributed by atoms with Gasteiger partial charge in [0, 0.05) is 12.0 Å². The van der Waals surface area contributed by atoms with E-state index < -0.39 is 0 Å². The van der Waals surface area contributed by atoms with Crippen LogP contribution in [0.4, 0.5) is 4.39 Å². The van der Waals surface area contributed by atoms with Crippen LogP contribution in [0.3, 0.4) is 0 Å². The van der Waals surface area contributed by atoms with E-state index in [1.54, 1.807) is 12.1 Å². The molecule has 20 heavy (non-hydrogen) atoms. The average Bonchev–Trinajstić information content (AvgIpc) is 3.23. The summed E-state index contributed by atoms with van der Waals surface area (Å²) in [5.74, 6) is 0.767. The van der Waals surface area contributed by atoms with E-state index >= 15 is 0 Å². The molecule has 1 aliphatic heterocycles. The molecule has 1 aromatic carbocycles. The van der Waals surface area contributed by atoms with Crippen LogP contribution in [0.5, 0.6) is 0 Å². The number of halogens is 1. The van der Waals surface area contributed by atoms with Crippen molar-refractivity contribution in [1.29, 1.82) is 0 Å². The first-order valence-electron chi connectivity index (χ1n) is 7.41. The summed E-state index contributed by atoms with van der Waals surface area (Å²) in [6.07, 6.45) is 1.89. The molecule has 1 saturated heterocycles. The van der Waals surface area contributed by atoms with Crippen molar-refractivity contribution in [3.8, 4) is 0 Å². The van der Waals surface area contributed by atoms with Crippen molar-refractivity contribution >= 4 is 5.91 Å². The second-order valence-electron chi connectivity index (χ2n) is 6.09. The van der Waals surface area contributed by atoms with Crippen LogP contribution >= 0.6 is 0 Å². The minimum atomic E-state index is -0.223. The van der Waals surface area contributed by atoms with Gasteiger partial charge in [-0.3, -0.25) is 4.79 Å². The van der Waals surface area contributed by atoms with Gasteiger partial charge in [-0.05, 0) is 55.5 Å². The predicted molar refractivity (Wildman–Crippen MR) is 75.8 cm³/mol. The molecule has 108 valence electrons. The monoisotopic (exact) mass is 276 g/mol. The lowest BCUT2D eigenvalue weighted by molar-refractivity contribution is -0.123. The minimum absolute atomic E-state index is 0.0718. The second kappa shape index (κ2) is 5.52. The van der Waals surface area contributed by atoms with Crippen molar-refractivity contribution in [2.24, 2.45) is 11.8 Å². The molecular weight excluding hydrogens is 255 g/mol. The number of hydrogen-bond donors (Lipinski definition) is 2. The summed E-state index contributed by atoms with van der Waals surface area (Å²) in [4.78, 5) is 12.3. The number of carbonyl (C=O) groups excluding carboxylic acids is 1. The summed E-state index contributed by atoms with van der Waals surface area (Å²) in [6, 6.07) is 6.81. The van der Waals surface area contributed by atoms with Gasteiger partial charge < -0.3 is 10.6 Å². The van der Waals surface area contributed by atoms with Crippen LogP contribution in [0.2, 0.25) is 0 Å². The molecule has 4 unspecified atom stereocenters. The lowest BCUT2D eigenvalue weighted by Gasteiger charge is -2.30. The van der Waals surface area contributed by atoms with E-state index in [1.807, 2.05) is 0 Å². The Kier molecular flexibility index (Phi) is 3.74. The van der Waals surface area contributed by atoms with Crippen molar-refractivity contribution in [3.05, 3.63) is 35.6 Å². The highest BCUT2D eigenvalue weighted by Crippen LogP contribution is 2.47. The quantitative estimate of drug-likeness (QED) is 0.887. The number of benzene rings is 1. The first kappa shape index (κ1) is 13.6. The highest BCUT2D eigenvalue weighted by atomic mass is 19.1. The van der Waals surface area contributed by atoms with E-state index in [1.165, 1.54) is 12.1 Å². The van der Waals surface area contributed by atoms with Crippen LogP contribution in [-0.2, 0) is 4.79 Å². The van der Waals surface area contributed by atoms with E-state index in [2.05, 4.69) is 17.6 Å². The minimum Gasteiger partial charge on any atom is -0.353 e. The van der Waals surface area contributed by atoms with E-state index in [0.29, 0.717) is 12.0 Å². The highest BCUT2D eigenvalue weighted by molar-refractivity contribution is 5.83. The Morgan fingerprint density at radius 1 is 1.35 bits per heavy atom. The van der Waals surface area contributed by atoms with Gasteiger partial charge in [0.15, 0.2) is 0 Å². The molecule has 3 rings (SSSR count). The molecule has 4 heteroatoms. The zero-order valence-electron chi connectivity index (χ0n) is 11.7. The zero-order chi connectivity index (χ0) is 14.1. The Morgan fingerprint density at radius 3 is 2.80 bits per heavy atom. The average molecular weight is 276 g/mol. The van der Waals surface area contributed by atoms with Gasteiger partial charge >= 0.3 is 0 Å². The van der Waals surface area contributed by atoms with Gasteiger partial charge in [-0.2, -0.15) is 0 Å². The molecule has 0 bridgehead atoms. The Hall–Kier alpha value is -1.42. The van der Waals surface area contributed by atoms with Crippen molar-refractivity contribution in [1.82, 2.24) is 10.6 Å². The standard InChI is InChI=1S/C16H21FN2O/c1-10-9-18-7-6-15(10)19-16(20)14-8-13(14)11-2-4-12(17)5-3-11/h2-5,10,13-15,18H,6-9H2,1H3,(H,19,20). The molecule has 1 amide bonds. The summed E-state index contributed by atoms with van der Waals surface area (Å²) in [5, 5.41) is 6.52. The summed E-state index contributed by atoms with van der Waals surface area (Å²) in [7, 11) is 0. The molecule has 4 atom stereocenters. The van der Waals surface area contributed by atoms with E-state index in [4.69, 9.17) is 0 Å². The highest BCUT2D eigenvalue weighted by Gasteiger charge is 2.44. The number of amides is 1. The number of nitrogens with one attached hydrogen (secondary N) is 2. The molecule has 2 fully saturated rings. The van der Waals surface area contributed by atoms with E-state index in [0.717, 1.165) is 31.5 Å². The third-order valence-electron chi connectivity index (χ3n) is 4.54. The van der Waals surface area contributed by atoms with Crippen LogP contribution in [0.25, 0.3) is 0 Å². The maximum absolute atomic E-state index is 12.9. The number of hydrogen-bond acceptors (Lipinski definition) is 2. The van der Waals surface area contributed by atoms with Gasteiger partial charge in [0.2, 0.25) is 5.91 Å². The van der Waals surface area contributed by atoms with Crippen molar-refractivity contribution in [2.75, 3.05) is 13.1 Å². The molecule has 1 aromatic rings. The number of rotatable bonds is 3. The number of piperidine rings is 1. The fraction of sp³-hybridized carbons (Fsp3) is 0.562. The van der Waals surface area contributed by atoms with E-state index in [9.17, 15) is 9.18 Å². The third kappa shape index (κ3) is 2.85. The van der Waals surface area contributed by atoms with Crippen LogP contribution in [-0.4, -0.2) is 25.0 Å². The van der Waals surface area contributed by atoms with Crippen LogP contribution in [0.1, 0.15) is 31.2 Å². The Bertz CT molecular complexity index is 488. The Balaban J connectivity index is 1.56. The maximum atomic E-state index is 12.9. The van der Waals surface area contributed by atoms with Crippen molar-refractivity contribution in [3.63, 3.8) is 0 Å². The molecule has 2 aliphatic rings. The Labute approximate surface area is 118 Å². The van der Waals surface area contributed by atoms with Crippen molar-refractivity contribution in [2.45, 2.75) is 31.7 Å². The normalized spacial score (nSPS) is 32.7. The van der Waals surface area contributed by atoms with Gasteiger partial charge in [0.1, 0.15) is 5.82 Å². The van der Waals surface area contributed by atoms with Gasteiger partial charge in [-0.1, -0.05) is 19.1 Å². The summed E-state index contributed by atoms with van der Waals surface area (Å²) < 4.78 is 12.9. The van der Waals surface area contributed by atoms with Gasteiger partial charge in [0.05, 0.1) is 0 Å². The first-order valence-corrected chi connectivity index (χ1v) is 7.41. The molecule has 1 saturated carbocycles. The van der Waals surface area contributed by atoms with Gasteiger partial charge in [-0.25, -0.2) is 4.39 Å². The SMILES string of the molecule is CC1CNCCC1NC(=O)C1CC1c1ccc(F)cc1. The zero-order valence-corrected chi connectivity index (χ0v) is 11.7. The lowest BCUT2D eigenvalue weighted by atomic mass is 9.95. The predicted octanol–water partition coefficient (Wildman–Crippen LogP) is 2.04. The van der Waals surface area contributed by atoms with Crippen LogP contribution in [0.15, 0.2) is 24.3 Å². The molecule has 1 aliphatic carbocycles. The summed E-state index contributed by atoms with van der Waals surface area (Å²) in [5.41, 5.74) is 1.07. The lowest BCUT2D eigenvalue weighted by Crippen LogP contribution is -2.48. The molecule has 1 heterocycles. The van der Waals surface area contributed by atoms with Crippen LogP contribution in [0, 0.1) is 17.7 Å². The van der Waals surface area contributed by atoms with Gasteiger partial charge in [-0.15, -0.1) is 0 Å². The van der Waals surface area contributed by atoms with Crippen LogP contribution < -0.4 is 10.6 Å². The molecule has 0 aromatic heterocycles. The molecule has 0 radical (unpaired) electrons. The summed E-state index contributed by atoms with van der Waals surface area (Å²) >= 11 is 0. The maximum Gasteiger partial charge on any atom is 0.223 e. The molecular formula is C16H21FN2O. The largest absolute Gasteiger partial charge is 0.353 e. The summed E-state index contributed by atoms with van der Waals surface area (Å²) in [6.45, 7) is 4.11. The van der Waals surface area contributed by atoms with Crippen molar-refractivity contribution < 1.29 is 9.18 Å². The second-order valence-corrected chi connectivity index (χ2v) is 6.09. The van der Waals surface area contributed by atoms with E-state index in [-0.39, 0.29) is 23.6 Å². The van der Waals surface area contributed by atoms with Gasteiger partial charge in [0.25, 0.3) is 0 Å². The fourth-order valence-electron chi connectivity index (χ4n) is 3.08. The topological polar surface area (TPSA) is 41.1 Å². The molecule has 3 nitrogen and oxygen atoms in total. The molecule has 0 spiro atoms. The smallest absolute Gasteiger partial charge is 0.223 e. The molecule has 2 N–H and O–H groups in total. The Morgan fingerprint density at radius 2 is 2.10 bits per heavy atom. The third-order valence-corrected chi connectivity index (χ3v) is 4.54. The number of carbonyl (C=O) groups is 1. The first-order chi connectivity index (χ1) is 9.65. The fourth-order valence-corrected chi connectivity index (χ4v) is 3.08.